The van der Waals surface area contributed by atoms with Gasteiger partial charge in [0.05, 0.1) is 0 Å². The zero-order valence-corrected chi connectivity index (χ0v) is 14.8. The van der Waals surface area contributed by atoms with E-state index >= 15 is 0 Å². The third-order valence-electron chi connectivity index (χ3n) is 5.63. The van der Waals surface area contributed by atoms with Crippen molar-refractivity contribution in [3.8, 4) is 5.75 Å². The first-order chi connectivity index (χ1) is 11.3. The summed E-state index contributed by atoms with van der Waals surface area (Å²) in [5, 5.41) is 3.84. The SMILES string of the molecule is CCCCCCCCNC1CC2(CCCC2)Oc2ccccc21. The molecule has 0 saturated heterocycles. The second-order valence-electron chi connectivity index (χ2n) is 7.51. The highest BCUT2D eigenvalue weighted by Gasteiger charge is 2.42. The summed E-state index contributed by atoms with van der Waals surface area (Å²) in [7, 11) is 0. The van der Waals surface area contributed by atoms with Gasteiger partial charge in [-0.3, -0.25) is 0 Å². The van der Waals surface area contributed by atoms with E-state index in [1.807, 2.05) is 0 Å². The number of ether oxygens (including phenoxy) is 1. The summed E-state index contributed by atoms with van der Waals surface area (Å²) in [6.07, 6.45) is 14.5. The molecule has 128 valence electrons. The van der Waals surface area contributed by atoms with E-state index in [4.69, 9.17) is 4.74 Å². The van der Waals surface area contributed by atoms with E-state index in [1.54, 1.807) is 0 Å². The zero-order chi connectivity index (χ0) is 16.0. The molecule has 1 saturated carbocycles. The molecule has 1 heterocycles. The lowest BCUT2D eigenvalue weighted by atomic mass is 9.86. The first-order valence-electron chi connectivity index (χ1n) is 9.84. The Morgan fingerprint density at radius 1 is 1.04 bits per heavy atom. The normalized spacial score (nSPS) is 22.0. The van der Waals surface area contributed by atoms with E-state index in [9.17, 15) is 0 Å². The molecular weight excluding hydrogens is 282 g/mol. The van der Waals surface area contributed by atoms with Crippen LogP contribution in [0.1, 0.15) is 89.2 Å². The number of fused-ring (bicyclic) bond motifs is 1. The number of nitrogens with one attached hydrogen (secondary N) is 1. The lowest BCUT2D eigenvalue weighted by molar-refractivity contribution is 0.0367. The second-order valence-corrected chi connectivity index (χ2v) is 7.51. The zero-order valence-electron chi connectivity index (χ0n) is 14.8. The smallest absolute Gasteiger partial charge is 0.124 e. The molecule has 1 unspecified atom stereocenters. The Balaban J connectivity index is 1.53. The van der Waals surface area contributed by atoms with Crippen molar-refractivity contribution in [1.82, 2.24) is 5.32 Å². The van der Waals surface area contributed by atoms with Crippen LogP contribution in [0.3, 0.4) is 0 Å². The van der Waals surface area contributed by atoms with E-state index < -0.39 is 0 Å². The van der Waals surface area contributed by atoms with Crippen molar-refractivity contribution < 1.29 is 4.74 Å². The predicted molar refractivity (Wildman–Crippen MR) is 97.0 cm³/mol. The monoisotopic (exact) mass is 315 g/mol. The fourth-order valence-corrected chi connectivity index (χ4v) is 4.31. The largest absolute Gasteiger partial charge is 0.487 e. The van der Waals surface area contributed by atoms with Gasteiger partial charge >= 0.3 is 0 Å². The molecule has 1 N–H and O–H groups in total. The second kappa shape index (κ2) is 8.19. The van der Waals surface area contributed by atoms with Gasteiger partial charge in [-0.1, -0.05) is 57.2 Å². The standard InChI is InChI=1S/C21H33NO/c1-2-3-4-5-6-11-16-22-19-17-21(14-9-10-15-21)23-20-13-8-7-12-18(19)20/h7-8,12-13,19,22H,2-6,9-11,14-17H2,1H3. The molecule has 1 aliphatic carbocycles. The van der Waals surface area contributed by atoms with Crippen LogP contribution in [0.25, 0.3) is 0 Å². The van der Waals surface area contributed by atoms with Crippen LogP contribution in [0.15, 0.2) is 24.3 Å². The summed E-state index contributed by atoms with van der Waals surface area (Å²) in [5.41, 5.74) is 1.49. The predicted octanol–water partition coefficient (Wildman–Crippen LogP) is 5.77. The van der Waals surface area contributed by atoms with Gasteiger partial charge in [0.1, 0.15) is 11.4 Å². The van der Waals surface area contributed by atoms with E-state index in [0.717, 1.165) is 18.7 Å². The highest BCUT2D eigenvalue weighted by atomic mass is 16.5. The molecule has 3 rings (SSSR count). The van der Waals surface area contributed by atoms with E-state index in [1.165, 1.54) is 69.8 Å². The molecule has 1 aromatic carbocycles. The Kier molecular flexibility index (Phi) is 5.99. The highest BCUT2D eigenvalue weighted by molar-refractivity contribution is 5.39. The van der Waals surface area contributed by atoms with Crippen molar-refractivity contribution in [2.24, 2.45) is 0 Å². The fraction of sp³-hybridized carbons (Fsp3) is 0.714. The van der Waals surface area contributed by atoms with Crippen LogP contribution in [0, 0.1) is 0 Å². The molecule has 1 atom stereocenters. The lowest BCUT2D eigenvalue weighted by Crippen LogP contribution is -2.42. The Labute approximate surface area is 142 Å². The maximum absolute atomic E-state index is 6.44. The van der Waals surface area contributed by atoms with Crippen LogP contribution in [-0.4, -0.2) is 12.1 Å². The Bertz CT molecular complexity index is 478. The van der Waals surface area contributed by atoms with E-state index in [-0.39, 0.29) is 5.60 Å². The molecule has 1 fully saturated rings. The first kappa shape index (κ1) is 16.8. The van der Waals surface area contributed by atoms with Gasteiger partial charge in [0.15, 0.2) is 0 Å². The minimum atomic E-state index is 0.118. The Hall–Kier alpha value is -1.02. The summed E-state index contributed by atoms with van der Waals surface area (Å²) in [5.74, 6) is 1.13. The van der Waals surface area contributed by atoms with Gasteiger partial charge < -0.3 is 10.1 Å². The van der Waals surface area contributed by atoms with Crippen molar-refractivity contribution >= 4 is 0 Å². The highest BCUT2D eigenvalue weighted by Crippen LogP contribution is 2.46. The van der Waals surface area contributed by atoms with Crippen molar-refractivity contribution in [2.45, 2.75) is 89.2 Å². The van der Waals surface area contributed by atoms with Crippen LogP contribution >= 0.6 is 0 Å². The topological polar surface area (TPSA) is 21.3 Å². The molecule has 0 aromatic heterocycles. The fourth-order valence-electron chi connectivity index (χ4n) is 4.31. The van der Waals surface area contributed by atoms with Gasteiger partial charge in [-0.05, 0) is 44.7 Å². The van der Waals surface area contributed by atoms with Gasteiger partial charge in [0.2, 0.25) is 0 Å². The molecule has 2 aliphatic rings. The van der Waals surface area contributed by atoms with Crippen molar-refractivity contribution in [3.63, 3.8) is 0 Å². The van der Waals surface area contributed by atoms with Gasteiger partial charge in [0, 0.05) is 18.0 Å². The molecule has 23 heavy (non-hydrogen) atoms. The molecule has 2 heteroatoms. The van der Waals surface area contributed by atoms with Gasteiger partial charge in [-0.2, -0.15) is 0 Å². The van der Waals surface area contributed by atoms with Crippen LogP contribution < -0.4 is 10.1 Å². The summed E-state index contributed by atoms with van der Waals surface area (Å²) >= 11 is 0. The molecule has 0 bridgehead atoms. The molecular formula is C21H33NO. The number of hydrogen-bond acceptors (Lipinski definition) is 2. The summed E-state index contributed by atoms with van der Waals surface area (Å²) in [4.78, 5) is 0. The minimum Gasteiger partial charge on any atom is -0.487 e. The van der Waals surface area contributed by atoms with Crippen LogP contribution in [-0.2, 0) is 0 Å². The summed E-state index contributed by atoms with van der Waals surface area (Å²) in [6, 6.07) is 9.14. The van der Waals surface area contributed by atoms with E-state index in [0.29, 0.717) is 6.04 Å². The third kappa shape index (κ3) is 4.29. The van der Waals surface area contributed by atoms with Crippen molar-refractivity contribution in [3.05, 3.63) is 29.8 Å². The molecule has 0 amide bonds. The van der Waals surface area contributed by atoms with E-state index in [2.05, 4.69) is 36.5 Å². The lowest BCUT2D eigenvalue weighted by Gasteiger charge is -2.40. The average Bonchev–Trinajstić information content (AvgIpc) is 3.01. The quantitative estimate of drug-likeness (QED) is 0.615. The van der Waals surface area contributed by atoms with Gasteiger partial charge in [0.25, 0.3) is 0 Å². The molecule has 2 nitrogen and oxygen atoms in total. The van der Waals surface area contributed by atoms with Crippen LogP contribution in [0.5, 0.6) is 5.75 Å². The summed E-state index contributed by atoms with van der Waals surface area (Å²) in [6.45, 7) is 3.42. The molecule has 1 spiro atoms. The number of para-hydroxylation sites is 1. The van der Waals surface area contributed by atoms with Crippen LogP contribution in [0.4, 0.5) is 0 Å². The molecule has 1 aromatic rings. The Morgan fingerprint density at radius 2 is 1.78 bits per heavy atom. The number of benzene rings is 1. The van der Waals surface area contributed by atoms with Gasteiger partial charge in [-0.15, -0.1) is 0 Å². The van der Waals surface area contributed by atoms with Crippen molar-refractivity contribution in [1.29, 1.82) is 0 Å². The number of hydrogen-bond donors (Lipinski definition) is 1. The van der Waals surface area contributed by atoms with Crippen LogP contribution in [0.2, 0.25) is 0 Å². The van der Waals surface area contributed by atoms with Gasteiger partial charge in [-0.25, -0.2) is 0 Å². The summed E-state index contributed by atoms with van der Waals surface area (Å²) < 4.78 is 6.44. The average molecular weight is 316 g/mol. The number of unbranched alkanes of at least 4 members (excludes halogenated alkanes) is 5. The van der Waals surface area contributed by atoms with Crippen molar-refractivity contribution in [2.75, 3.05) is 6.54 Å². The maximum Gasteiger partial charge on any atom is 0.124 e. The third-order valence-corrected chi connectivity index (χ3v) is 5.63. The first-order valence-corrected chi connectivity index (χ1v) is 9.84. The molecule has 1 aliphatic heterocycles. The minimum absolute atomic E-state index is 0.118. The molecule has 0 radical (unpaired) electrons. The number of rotatable bonds is 8. The maximum atomic E-state index is 6.44. The Morgan fingerprint density at radius 3 is 2.61 bits per heavy atom.